The van der Waals surface area contributed by atoms with E-state index in [0.717, 1.165) is 24.8 Å². The van der Waals surface area contributed by atoms with Gasteiger partial charge in [0.15, 0.2) is 0 Å². The molecule has 0 saturated heterocycles. The highest BCUT2D eigenvalue weighted by atomic mass is 16.1. The third kappa shape index (κ3) is 0.830. The predicted molar refractivity (Wildman–Crippen MR) is 55.3 cm³/mol. The van der Waals surface area contributed by atoms with E-state index in [1.165, 1.54) is 11.4 Å². The van der Waals surface area contributed by atoms with Crippen molar-refractivity contribution >= 4 is 12.0 Å². The van der Waals surface area contributed by atoms with Crippen LogP contribution in [0.5, 0.6) is 0 Å². The average Bonchev–Trinajstić information content (AvgIpc) is 2.77. The Morgan fingerprint density at radius 1 is 1.36 bits per heavy atom. The summed E-state index contributed by atoms with van der Waals surface area (Å²) in [5.74, 6) is -0.0197. The van der Waals surface area contributed by atoms with Crippen molar-refractivity contribution in [3.8, 4) is 0 Å². The van der Waals surface area contributed by atoms with Crippen molar-refractivity contribution < 1.29 is 4.79 Å². The largest absolute Gasteiger partial charge is 0.344 e. The van der Waals surface area contributed by atoms with Crippen LogP contribution in [-0.2, 0) is 4.79 Å². The number of benzene rings is 1. The van der Waals surface area contributed by atoms with Crippen molar-refractivity contribution in [1.29, 1.82) is 0 Å². The van der Waals surface area contributed by atoms with Gasteiger partial charge in [0.25, 0.3) is 0 Å². The van der Waals surface area contributed by atoms with Gasteiger partial charge in [-0.2, -0.15) is 0 Å². The van der Waals surface area contributed by atoms with E-state index in [-0.39, 0.29) is 5.92 Å². The lowest BCUT2D eigenvalue weighted by atomic mass is 10.0. The molecule has 1 aromatic carbocycles. The summed E-state index contributed by atoms with van der Waals surface area (Å²) < 4.78 is 0. The number of fused-ring (bicyclic) bond motifs is 3. The predicted octanol–water partition coefficient (Wildman–Crippen LogP) is 2.08. The molecule has 0 radical (unpaired) electrons. The summed E-state index contributed by atoms with van der Waals surface area (Å²) in [6.45, 7) is 1.02. The van der Waals surface area contributed by atoms with Crippen molar-refractivity contribution in [1.82, 2.24) is 0 Å². The molecule has 3 rings (SSSR count). The van der Waals surface area contributed by atoms with Crippen LogP contribution in [0.15, 0.2) is 36.0 Å². The number of allylic oxidation sites excluding steroid dienone is 1. The molecule has 0 aromatic heterocycles. The normalized spacial score (nSPS) is 23.0. The first-order valence-corrected chi connectivity index (χ1v) is 4.93. The molecule has 14 heavy (non-hydrogen) atoms. The number of carbonyl (C=O) groups excluding carboxylic acids is 1. The van der Waals surface area contributed by atoms with Crippen LogP contribution in [0.1, 0.15) is 17.9 Å². The number of anilines is 1. The molecule has 70 valence electrons. The molecule has 2 heteroatoms. The first kappa shape index (κ1) is 7.80. The maximum Gasteiger partial charge on any atom is 0.133 e. The van der Waals surface area contributed by atoms with Gasteiger partial charge in [-0.1, -0.05) is 24.3 Å². The molecule has 1 aromatic rings. The highest BCUT2D eigenvalue weighted by Crippen LogP contribution is 2.44. The Balaban J connectivity index is 2.21. The third-order valence-corrected chi connectivity index (χ3v) is 3.04. The summed E-state index contributed by atoms with van der Waals surface area (Å²) in [6, 6.07) is 8.17. The summed E-state index contributed by atoms with van der Waals surface area (Å²) in [5, 5.41) is 0. The molecule has 2 heterocycles. The van der Waals surface area contributed by atoms with Gasteiger partial charge >= 0.3 is 0 Å². The van der Waals surface area contributed by atoms with Crippen molar-refractivity contribution in [2.24, 2.45) is 0 Å². The summed E-state index contributed by atoms with van der Waals surface area (Å²) in [6.07, 6.45) is 4.29. The summed E-state index contributed by atoms with van der Waals surface area (Å²) in [7, 11) is 0. The SMILES string of the molecule is O=CC1C2=CCCN2c2ccccc21. The molecule has 0 aliphatic carbocycles. The van der Waals surface area contributed by atoms with Gasteiger partial charge in [0.2, 0.25) is 0 Å². The summed E-state index contributed by atoms with van der Waals surface area (Å²) in [5.41, 5.74) is 3.56. The van der Waals surface area contributed by atoms with E-state index < -0.39 is 0 Å². The lowest BCUT2D eigenvalue weighted by molar-refractivity contribution is -0.108. The molecule has 0 saturated carbocycles. The molecule has 0 bridgehead atoms. The van der Waals surface area contributed by atoms with Crippen LogP contribution < -0.4 is 4.90 Å². The maximum absolute atomic E-state index is 11.0. The minimum Gasteiger partial charge on any atom is -0.344 e. The van der Waals surface area contributed by atoms with Crippen molar-refractivity contribution in [3.05, 3.63) is 41.6 Å². The van der Waals surface area contributed by atoms with Gasteiger partial charge in [0.1, 0.15) is 6.29 Å². The Bertz CT molecular complexity index is 422. The monoisotopic (exact) mass is 185 g/mol. The van der Waals surface area contributed by atoms with Gasteiger partial charge in [-0.15, -0.1) is 0 Å². The minimum absolute atomic E-state index is 0.0197. The molecule has 2 aliphatic rings. The second-order valence-electron chi connectivity index (χ2n) is 3.74. The van der Waals surface area contributed by atoms with Gasteiger partial charge in [-0.25, -0.2) is 0 Å². The third-order valence-electron chi connectivity index (χ3n) is 3.04. The highest BCUT2D eigenvalue weighted by Gasteiger charge is 2.34. The molecule has 2 nitrogen and oxygen atoms in total. The number of hydrogen-bond acceptors (Lipinski definition) is 2. The smallest absolute Gasteiger partial charge is 0.133 e. The summed E-state index contributed by atoms with van der Waals surface area (Å²) in [4.78, 5) is 13.3. The fraction of sp³-hybridized carbons (Fsp3) is 0.250. The Morgan fingerprint density at radius 3 is 3.07 bits per heavy atom. The molecule has 0 spiro atoms. The van der Waals surface area contributed by atoms with Gasteiger partial charge in [-0.3, -0.25) is 0 Å². The topological polar surface area (TPSA) is 20.3 Å². The molecule has 0 N–H and O–H groups in total. The van der Waals surface area contributed by atoms with E-state index >= 15 is 0 Å². The first-order chi connectivity index (χ1) is 6.92. The van der Waals surface area contributed by atoms with Crippen molar-refractivity contribution in [3.63, 3.8) is 0 Å². The van der Waals surface area contributed by atoms with Crippen LogP contribution in [-0.4, -0.2) is 12.8 Å². The average molecular weight is 185 g/mol. The van der Waals surface area contributed by atoms with Crippen LogP contribution >= 0.6 is 0 Å². The molecular weight excluding hydrogens is 174 g/mol. The van der Waals surface area contributed by atoms with E-state index in [4.69, 9.17) is 0 Å². The zero-order chi connectivity index (χ0) is 9.54. The number of carbonyl (C=O) groups is 1. The molecule has 2 aliphatic heterocycles. The van der Waals surface area contributed by atoms with Crippen LogP contribution in [0, 0.1) is 0 Å². The van der Waals surface area contributed by atoms with E-state index in [9.17, 15) is 4.79 Å². The van der Waals surface area contributed by atoms with E-state index in [2.05, 4.69) is 17.0 Å². The standard InChI is InChI=1S/C12H11NO/c14-8-10-9-4-1-2-5-11(9)13-7-3-6-12(10)13/h1-2,4-6,8,10H,3,7H2. The van der Waals surface area contributed by atoms with Crippen molar-refractivity contribution in [2.45, 2.75) is 12.3 Å². The van der Waals surface area contributed by atoms with Crippen LogP contribution in [0.3, 0.4) is 0 Å². The second kappa shape index (κ2) is 2.71. The molecule has 0 fully saturated rings. The Morgan fingerprint density at radius 2 is 2.21 bits per heavy atom. The van der Waals surface area contributed by atoms with Gasteiger partial charge in [0.05, 0.1) is 5.92 Å². The molecular formula is C12H11NO. The van der Waals surface area contributed by atoms with Crippen LogP contribution in [0.2, 0.25) is 0 Å². The van der Waals surface area contributed by atoms with Gasteiger partial charge in [-0.05, 0) is 18.1 Å². The Labute approximate surface area is 82.8 Å². The number of para-hydroxylation sites is 1. The Hall–Kier alpha value is -1.57. The zero-order valence-electron chi connectivity index (χ0n) is 7.81. The number of hydrogen-bond donors (Lipinski definition) is 0. The number of rotatable bonds is 1. The van der Waals surface area contributed by atoms with E-state index in [0.29, 0.717) is 0 Å². The molecule has 1 unspecified atom stereocenters. The van der Waals surface area contributed by atoms with Crippen LogP contribution in [0.4, 0.5) is 5.69 Å². The number of aldehydes is 1. The van der Waals surface area contributed by atoms with Crippen molar-refractivity contribution in [2.75, 3.05) is 11.4 Å². The highest BCUT2D eigenvalue weighted by molar-refractivity contribution is 5.82. The van der Waals surface area contributed by atoms with Gasteiger partial charge < -0.3 is 9.69 Å². The zero-order valence-corrected chi connectivity index (χ0v) is 7.81. The molecule has 1 atom stereocenters. The second-order valence-corrected chi connectivity index (χ2v) is 3.74. The minimum atomic E-state index is -0.0197. The van der Waals surface area contributed by atoms with E-state index in [1.54, 1.807) is 0 Å². The van der Waals surface area contributed by atoms with Gasteiger partial charge in [0, 0.05) is 17.9 Å². The quantitative estimate of drug-likeness (QED) is 0.624. The summed E-state index contributed by atoms with van der Waals surface area (Å²) >= 11 is 0. The lowest BCUT2D eigenvalue weighted by Gasteiger charge is -2.15. The maximum atomic E-state index is 11.0. The number of nitrogens with zero attached hydrogens (tertiary/aromatic N) is 1. The first-order valence-electron chi connectivity index (χ1n) is 4.93. The van der Waals surface area contributed by atoms with E-state index in [1.807, 2.05) is 18.2 Å². The fourth-order valence-corrected chi connectivity index (χ4v) is 2.43. The molecule has 0 amide bonds. The Kier molecular flexibility index (Phi) is 1.51. The fourth-order valence-electron chi connectivity index (χ4n) is 2.43. The van der Waals surface area contributed by atoms with Crippen LogP contribution in [0.25, 0.3) is 0 Å². The lowest BCUT2D eigenvalue weighted by Crippen LogP contribution is -2.15.